The fourth-order valence-electron chi connectivity index (χ4n) is 3.02. The highest BCUT2D eigenvalue weighted by Gasteiger charge is 2.08. The summed E-state index contributed by atoms with van der Waals surface area (Å²) in [5.41, 5.74) is 4.53. The third-order valence-corrected chi connectivity index (χ3v) is 4.58. The number of nitrogens with one attached hydrogen (secondary N) is 2. The molecule has 3 aromatic rings. The van der Waals surface area contributed by atoms with Gasteiger partial charge in [-0.1, -0.05) is 30.3 Å². The van der Waals surface area contributed by atoms with Crippen LogP contribution in [0.25, 0.3) is 0 Å². The predicted molar refractivity (Wildman–Crippen MR) is 115 cm³/mol. The maximum atomic E-state index is 12.4. The molecule has 1 amide bonds. The van der Waals surface area contributed by atoms with Crippen LogP contribution in [0.15, 0.2) is 73.1 Å². The molecule has 2 N–H and O–H groups in total. The maximum Gasteiger partial charge on any atom is 0.253 e. The van der Waals surface area contributed by atoms with Crippen LogP contribution in [0.2, 0.25) is 0 Å². The van der Waals surface area contributed by atoms with Gasteiger partial charge in [-0.25, -0.2) is 0 Å². The number of carbonyl (C=O) groups excluding carboxylic acids is 1. The monoisotopic (exact) mass is 374 g/mol. The number of amides is 1. The van der Waals surface area contributed by atoms with Crippen LogP contribution in [-0.4, -0.2) is 24.0 Å². The van der Waals surface area contributed by atoms with Crippen molar-refractivity contribution in [2.75, 3.05) is 23.3 Å². The van der Waals surface area contributed by atoms with Gasteiger partial charge in [0, 0.05) is 37.2 Å². The largest absolute Gasteiger partial charge is 0.372 e. The Bertz CT molecular complexity index is 890. The van der Waals surface area contributed by atoms with E-state index in [2.05, 4.69) is 46.5 Å². The van der Waals surface area contributed by atoms with E-state index in [9.17, 15) is 4.79 Å². The smallest absolute Gasteiger partial charge is 0.253 e. The summed E-state index contributed by atoms with van der Waals surface area (Å²) in [6.07, 6.45) is 3.29. The molecule has 1 aromatic heterocycles. The first-order chi connectivity index (χ1) is 13.7. The topological polar surface area (TPSA) is 57.3 Å². The van der Waals surface area contributed by atoms with Crippen LogP contribution in [0.5, 0.6) is 0 Å². The van der Waals surface area contributed by atoms with E-state index in [4.69, 9.17) is 0 Å². The van der Waals surface area contributed by atoms with Gasteiger partial charge in [0.15, 0.2) is 0 Å². The van der Waals surface area contributed by atoms with Crippen LogP contribution in [-0.2, 0) is 6.54 Å². The molecular formula is C23H26N4O. The summed E-state index contributed by atoms with van der Waals surface area (Å²) in [4.78, 5) is 18.9. The van der Waals surface area contributed by atoms with Crippen LogP contribution in [0, 0.1) is 0 Å². The van der Waals surface area contributed by atoms with Gasteiger partial charge < -0.3 is 15.5 Å². The molecule has 0 aliphatic heterocycles. The number of rotatable bonds is 8. The number of hydrogen-bond donors (Lipinski definition) is 2. The number of nitrogens with zero attached hydrogens (tertiary/aromatic N) is 2. The Labute approximate surface area is 166 Å². The first-order valence-corrected chi connectivity index (χ1v) is 9.58. The van der Waals surface area contributed by atoms with Crippen molar-refractivity contribution < 1.29 is 4.79 Å². The number of anilines is 3. The van der Waals surface area contributed by atoms with E-state index in [1.165, 1.54) is 5.69 Å². The number of pyridine rings is 1. The van der Waals surface area contributed by atoms with Crippen LogP contribution in [0.4, 0.5) is 17.1 Å². The second-order valence-electron chi connectivity index (χ2n) is 6.47. The molecule has 0 aliphatic carbocycles. The van der Waals surface area contributed by atoms with Crippen molar-refractivity contribution in [3.05, 3.63) is 84.2 Å². The lowest BCUT2D eigenvalue weighted by Crippen LogP contribution is -2.23. The molecule has 0 bridgehead atoms. The molecule has 0 aliphatic rings. The lowest BCUT2D eigenvalue weighted by atomic mass is 10.2. The Morgan fingerprint density at radius 2 is 1.64 bits per heavy atom. The summed E-state index contributed by atoms with van der Waals surface area (Å²) in [5.74, 6) is -0.142. The van der Waals surface area contributed by atoms with Gasteiger partial charge in [0.1, 0.15) is 0 Å². The highest BCUT2D eigenvalue weighted by atomic mass is 16.1. The molecule has 0 spiro atoms. The Kier molecular flexibility index (Phi) is 6.63. The molecule has 0 atom stereocenters. The molecule has 5 nitrogen and oxygen atoms in total. The second-order valence-corrected chi connectivity index (χ2v) is 6.47. The third-order valence-electron chi connectivity index (χ3n) is 4.58. The molecule has 2 aromatic carbocycles. The Balaban J connectivity index is 1.63. The molecule has 3 rings (SSSR count). The number of aromatic nitrogens is 1. The van der Waals surface area contributed by atoms with Gasteiger partial charge >= 0.3 is 0 Å². The highest BCUT2D eigenvalue weighted by Crippen LogP contribution is 2.21. The van der Waals surface area contributed by atoms with Crippen molar-refractivity contribution in [2.24, 2.45) is 0 Å². The van der Waals surface area contributed by atoms with Crippen LogP contribution >= 0.6 is 0 Å². The SMILES string of the molecule is CCN(CC)c1ccc(Nc2cncc(C(=O)NCc3ccccc3)c2)cc1. The van der Waals surface area contributed by atoms with E-state index in [0.717, 1.165) is 30.0 Å². The van der Waals surface area contributed by atoms with E-state index in [-0.39, 0.29) is 5.91 Å². The van der Waals surface area contributed by atoms with Gasteiger partial charge in [-0.15, -0.1) is 0 Å². The zero-order chi connectivity index (χ0) is 19.8. The van der Waals surface area contributed by atoms with Crippen molar-refractivity contribution in [3.8, 4) is 0 Å². The summed E-state index contributed by atoms with van der Waals surface area (Å²) in [6, 6.07) is 19.9. The molecule has 0 saturated heterocycles. The van der Waals surface area contributed by atoms with E-state index >= 15 is 0 Å². The standard InChI is InChI=1S/C23H26N4O/c1-3-27(4-2)22-12-10-20(11-13-22)26-21-14-19(16-24-17-21)23(28)25-15-18-8-6-5-7-9-18/h5-14,16-17,26H,3-4,15H2,1-2H3,(H,25,28). The Hall–Kier alpha value is -3.34. The summed E-state index contributed by atoms with van der Waals surface area (Å²) in [7, 11) is 0. The van der Waals surface area contributed by atoms with Crippen LogP contribution < -0.4 is 15.5 Å². The normalized spacial score (nSPS) is 10.4. The minimum atomic E-state index is -0.142. The Morgan fingerprint density at radius 1 is 0.929 bits per heavy atom. The molecule has 0 saturated carbocycles. The molecule has 1 heterocycles. The van der Waals surface area contributed by atoms with Gasteiger partial charge in [-0.3, -0.25) is 9.78 Å². The van der Waals surface area contributed by atoms with Gasteiger partial charge in [0.25, 0.3) is 5.91 Å². The van der Waals surface area contributed by atoms with Crippen molar-refractivity contribution in [1.29, 1.82) is 0 Å². The lowest BCUT2D eigenvalue weighted by Gasteiger charge is -2.21. The summed E-state index contributed by atoms with van der Waals surface area (Å²) >= 11 is 0. The Morgan fingerprint density at radius 3 is 2.32 bits per heavy atom. The average Bonchev–Trinajstić information content (AvgIpc) is 2.75. The molecule has 0 radical (unpaired) electrons. The minimum Gasteiger partial charge on any atom is -0.372 e. The van der Waals surface area contributed by atoms with Crippen molar-refractivity contribution in [3.63, 3.8) is 0 Å². The van der Waals surface area contributed by atoms with Crippen molar-refractivity contribution >= 4 is 23.0 Å². The van der Waals surface area contributed by atoms with E-state index in [1.807, 2.05) is 48.5 Å². The molecular weight excluding hydrogens is 348 g/mol. The third kappa shape index (κ3) is 5.10. The van der Waals surface area contributed by atoms with Crippen molar-refractivity contribution in [1.82, 2.24) is 10.3 Å². The second kappa shape index (κ2) is 9.55. The van der Waals surface area contributed by atoms with Crippen LogP contribution in [0.1, 0.15) is 29.8 Å². The highest BCUT2D eigenvalue weighted by molar-refractivity contribution is 5.94. The van der Waals surface area contributed by atoms with E-state index in [1.54, 1.807) is 12.4 Å². The van der Waals surface area contributed by atoms with Gasteiger partial charge in [0.2, 0.25) is 0 Å². The molecule has 0 unspecified atom stereocenters. The summed E-state index contributed by atoms with van der Waals surface area (Å²) in [5, 5.41) is 6.24. The van der Waals surface area contributed by atoms with E-state index in [0.29, 0.717) is 12.1 Å². The number of hydrogen-bond acceptors (Lipinski definition) is 4. The van der Waals surface area contributed by atoms with Crippen LogP contribution in [0.3, 0.4) is 0 Å². The maximum absolute atomic E-state index is 12.4. The molecule has 5 heteroatoms. The first-order valence-electron chi connectivity index (χ1n) is 9.58. The lowest BCUT2D eigenvalue weighted by molar-refractivity contribution is 0.0950. The first kappa shape index (κ1) is 19.4. The summed E-state index contributed by atoms with van der Waals surface area (Å²) in [6.45, 7) is 6.75. The van der Waals surface area contributed by atoms with Gasteiger partial charge in [0.05, 0.1) is 17.4 Å². The van der Waals surface area contributed by atoms with Gasteiger partial charge in [-0.05, 0) is 49.7 Å². The minimum absolute atomic E-state index is 0.142. The van der Waals surface area contributed by atoms with E-state index < -0.39 is 0 Å². The molecule has 0 fully saturated rings. The fourth-order valence-corrected chi connectivity index (χ4v) is 3.02. The number of carbonyl (C=O) groups is 1. The zero-order valence-corrected chi connectivity index (χ0v) is 16.4. The quantitative estimate of drug-likeness (QED) is 0.605. The van der Waals surface area contributed by atoms with Crippen molar-refractivity contribution in [2.45, 2.75) is 20.4 Å². The molecule has 28 heavy (non-hydrogen) atoms. The fraction of sp³-hybridized carbons (Fsp3) is 0.217. The zero-order valence-electron chi connectivity index (χ0n) is 16.4. The summed E-state index contributed by atoms with van der Waals surface area (Å²) < 4.78 is 0. The average molecular weight is 374 g/mol. The number of benzene rings is 2. The predicted octanol–water partition coefficient (Wildman–Crippen LogP) is 4.60. The molecule has 144 valence electrons. The van der Waals surface area contributed by atoms with Gasteiger partial charge in [-0.2, -0.15) is 0 Å².